The van der Waals surface area contributed by atoms with E-state index >= 15 is 0 Å². The zero-order valence-electron chi connectivity index (χ0n) is 13.1. The number of thioether (sulfide) groups is 1. The first-order valence-electron chi connectivity index (χ1n) is 6.97. The van der Waals surface area contributed by atoms with E-state index in [9.17, 15) is 14.0 Å². The molecule has 0 saturated carbocycles. The maximum atomic E-state index is 13.7. The fraction of sp³-hybridized carbons (Fsp3) is 0.176. The number of carbonyl (C=O) groups is 2. The average Bonchev–Trinajstić information content (AvgIpc) is 2.55. The molecule has 0 unspecified atom stereocenters. The van der Waals surface area contributed by atoms with Crippen LogP contribution in [0.3, 0.4) is 0 Å². The third kappa shape index (κ3) is 4.72. The van der Waals surface area contributed by atoms with Crippen molar-refractivity contribution in [2.45, 2.75) is 11.8 Å². The lowest BCUT2D eigenvalue weighted by molar-refractivity contribution is -0.119. The molecule has 0 spiro atoms. The zero-order valence-corrected chi connectivity index (χ0v) is 14.6. The first kappa shape index (κ1) is 18.3. The molecule has 2 rings (SSSR count). The fourth-order valence-electron chi connectivity index (χ4n) is 1.90. The molecule has 4 nitrogen and oxygen atoms in total. The maximum Gasteiger partial charge on any atom is 0.340 e. The van der Waals surface area contributed by atoms with Gasteiger partial charge in [-0.1, -0.05) is 17.7 Å². The van der Waals surface area contributed by atoms with E-state index in [0.717, 1.165) is 10.5 Å². The molecule has 24 heavy (non-hydrogen) atoms. The molecule has 0 heterocycles. The lowest BCUT2D eigenvalue weighted by atomic mass is 10.2. The van der Waals surface area contributed by atoms with Crippen molar-refractivity contribution in [2.24, 2.45) is 0 Å². The second kappa shape index (κ2) is 8.17. The van der Waals surface area contributed by atoms with Gasteiger partial charge in [0.1, 0.15) is 5.82 Å². The van der Waals surface area contributed by atoms with Crippen LogP contribution < -0.4 is 5.32 Å². The Bertz CT molecular complexity index is 782. The Hall–Kier alpha value is -2.05. The number of amides is 1. The Labute approximate surface area is 148 Å². The second-order valence-electron chi connectivity index (χ2n) is 4.95. The number of rotatable bonds is 5. The lowest BCUT2D eigenvalue weighted by Gasteiger charge is -2.09. The van der Waals surface area contributed by atoms with Crippen LogP contribution in [0, 0.1) is 12.7 Å². The maximum absolute atomic E-state index is 13.7. The molecule has 0 radical (unpaired) electrons. The first-order valence-corrected chi connectivity index (χ1v) is 8.57. The molecule has 0 bridgehead atoms. The third-order valence-electron chi connectivity index (χ3n) is 3.13. The first-order chi connectivity index (χ1) is 11.4. The molecule has 0 aliphatic heterocycles. The zero-order chi connectivity index (χ0) is 17.7. The highest BCUT2D eigenvalue weighted by atomic mass is 35.5. The molecule has 2 aromatic carbocycles. The molecular weight excluding hydrogens is 353 g/mol. The molecule has 126 valence electrons. The number of aryl methyl sites for hydroxylation is 1. The van der Waals surface area contributed by atoms with Gasteiger partial charge in [0.15, 0.2) is 6.61 Å². The van der Waals surface area contributed by atoms with Gasteiger partial charge in [0.2, 0.25) is 0 Å². The summed E-state index contributed by atoms with van der Waals surface area (Å²) in [5.74, 6) is -1.90. The van der Waals surface area contributed by atoms with Crippen molar-refractivity contribution < 1.29 is 18.7 Å². The lowest BCUT2D eigenvalue weighted by Crippen LogP contribution is -2.21. The quantitative estimate of drug-likeness (QED) is 0.632. The predicted molar refractivity (Wildman–Crippen MR) is 93.3 cm³/mol. The van der Waals surface area contributed by atoms with E-state index in [1.807, 2.05) is 6.26 Å². The van der Waals surface area contributed by atoms with E-state index in [1.54, 1.807) is 31.2 Å². The van der Waals surface area contributed by atoms with Crippen LogP contribution >= 0.6 is 23.4 Å². The van der Waals surface area contributed by atoms with Gasteiger partial charge in [0, 0.05) is 4.90 Å². The summed E-state index contributed by atoms with van der Waals surface area (Å²) >= 11 is 7.42. The highest BCUT2D eigenvalue weighted by molar-refractivity contribution is 7.98. The number of esters is 1. The minimum atomic E-state index is -0.713. The Morgan fingerprint density at radius 3 is 2.67 bits per heavy atom. The van der Waals surface area contributed by atoms with Crippen LogP contribution in [0.5, 0.6) is 0 Å². The van der Waals surface area contributed by atoms with E-state index in [4.69, 9.17) is 16.3 Å². The summed E-state index contributed by atoms with van der Waals surface area (Å²) in [5, 5.41) is 2.59. The van der Waals surface area contributed by atoms with Crippen LogP contribution in [0.15, 0.2) is 41.3 Å². The van der Waals surface area contributed by atoms with Crippen molar-refractivity contribution in [3.8, 4) is 0 Å². The van der Waals surface area contributed by atoms with Gasteiger partial charge in [0.05, 0.1) is 16.3 Å². The highest BCUT2D eigenvalue weighted by Crippen LogP contribution is 2.23. The third-order valence-corrected chi connectivity index (χ3v) is 4.18. The molecule has 1 N–H and O–H groups in total. The molecule has 7 heteroatoms. The van der Waals surface area contributed by atoms with Gasteiger partial charge in [-0.25, -0.2) is 9.18 Å². The summed E-state index contributed by atoms with van der Waals surface area (Å²) in [4.78, 5) is 24.7. The van der Waals surface area contributed by atoms with Crippen molar-refractivity contribution in [1.82, 2.24) is 0 Å². The average molecular weight is 368 g/mol. The van der Waals surface area contributed by atoms with Gasteiger partial charge in [-0.3, -0.25) is 4.79 Å². The Morgan fingerprint density at radius 1 is 1.25 bits per heavy atom. The van der Waals surface area contributed by atoms with Gasteiger partial charge >= 0.3 is 5.97 Å². The van der Waals surface area contributed by atoms with Crippen LogP contribution in [0.1, 0.15) is 15.9 Å². The van der Waals surface area contributed by atoms with Crippen LogP contribution in [0.2, 0.25) is 5.02 Å². The molecule has 0 atom stereocenters. The number of hydrogen-bond donors (Lipinski definition) is 1. The van der Waals surface area contributed by atoms with Crippen molar-refractivity contribution in [2.75, 3.05) is 18.2 Å². The smallest absolute Gasteiger partial charge is 0.340 e. The monoisotopic (exact) mass is 367 g/mol. The molecule has 0 fully saturated rings. The number of ether oxygens (including phenoxy) is 1. The number of hydrogen-bond acceptors (Lipinski definition) is 4. The number of anilines is 1. The summed E-state index contributed by atoms with van der Waals surface area (Å²) in [6.07, 6.45) is 1.86. The highest BCUT2D eigenvalue weighted by Gasteiger charge is 2.15. The number of carbonyl (C=O) groups excluding carboxylic acids is 2. The van der Waals surface area contributed by atoms with Gasteiger partial charge in [-0.2, -0.15) is 0 Å². The van der Waals surface area contributed by atoms with Crippen LogP contribution in [0.25, 0.3) is 0 Å². The summed E-state index contributed by atoms with van der Waals surface area (Å²) in [7, 11) is 0. The Morgan fingerprint density at radius 2 is 2.00 bits per heavy atom. The molecule has 0 saturated heterocycles. The largest absolute Gasteiger partial charge is 0.452 e. The molecule has 0 aromatic heterocycles. The van der Waals surface area contributed by atoms with Gasteiger partial charge in [-0.15, -0.1) is 11.8 Å². The van der Waals surface area contributed by atoms with E-state index in [1.165, 1.54) is 23.9 Å². The standard InChI is InChI=1S/C17H15ClFNO3S/c1-10-3-6-15(14(19)7-10)20-16(21)9-23-17(22)12-8-11(24-2)4-5-13(12)18/h3-8H,9H2,1-2H3,(H,20,21). The van der Waals surface area contributed by atoms with Gasteiger partial charge in [-0.05, 0) is 49.1 Å². The minimum absolute atomic E-state index is 0.0315. The predicted octanol–water partition coefficient (Wildman–Crippen LogP) is 4.30. The summed E-state index contributed by atoms with van der Waals surface area (Å²) in [6, 6.07) is 9.37. The Balaban J connectivity index is 1.97. The van der Waals surface area contributed by atoms with Crippen LogP contribution in [0.4, 0.5) is 10.1 Å². The van der Waals surface area contributed by atoms with Crippen LogP contribution in [-0.2, 0) is 9.53 Å². The van der Waals surface area contributed by atoms with Crippen LogP contribution in [-0.4, -0.2) is 24.7 Å². The molecule has 2 aromatic rings. The summed E-state index contributed by atoms with van der Waals surface area (Å²) in [5.41, 5.74) is 0.946. The number of halogens is 2. The second-order valence-corrected chi connectivity index (χ2v) is 6.24. The molecule has 0 aliphatic carbocycles. The fourth-order valence-corrected chi connectivity index (χ4v) is 2.54. The van der Waals surface area contributed by atoms with E-state index in [0.29, 0.717) is 0 Å². The molecular formula is C17H15ClFNO3S. The van der Waals surface area contributed by atoms with Crippen molar-refractivity contribution in [3.63, 3.8) is 0 Å². The van der Waals surface area contributed by atoms with Crippen molar-refractivity contribution >= 4 is 40.9 Å². The van der Waals surface area contributed by atoms with Crippen molar-refractivity contribution in [1.29, 1.82) is 0 Å². The number of nitrogens with one attached hydrogen (secondary N) is 1. The summed E-state index contributed by atoms with van der Waals surface area (Å²) < 4.78 is 18.6. The van der Waals surface area contributed by atoms with Gasteiger partial charge in [0.25, 0.3) is 5.91 Å². The normalized spacial score (nSPS) is 10.3. The van der Waals surface area contributed by atoms with Gasteiger partial charge < -0.3 is 10.1 Å². The minimum Gasteiger partial charge on any atom is -0.452 e. The topological polar surface area (TPSA) is 55.4 Å². The number of benzene rings is 2. The molecule has 1 amide bonds. The van der Waals surface area contributed by atoms with E-state index < -0.39 is 24.3 Å². The SMILES string of the molecule is CSc1ccc(Cl)c(C(=O)OCC(=O)Nc2ccc(C)cc2F)c1. The van der Waals surface area contributed by atoms with E-state index in [-0.39, 0.29) is 16.3 Å². The van der Waals surface area contributed by atoms with Crippen molar-refractivity contribution in [3.05, 3.63) is 58.4 Å². The summed E-state index contributed by atoms with van der Waals surface area (Å²) in [6.45, 7) is 1.20. The Kier molecular flexibility index (Phi) is 6.23. The van der Waals surface area contributed by atoms with E-state index in [2.05, 4.69) is 5.32 Å². The molecule has 0 aliphatic rings.